The summed E-state index contributed by atoms with van der Waals surface area (Å²) in [6, 6.07) is 0. The highest BCUT2D eigenvalue weighted by Crippen LogP contribution is 2.21. The number of carbonyl (C=O) groups is 3. The quantitative estimate of drug-likeness (QED) is 0.420. The van der Waals surface area contributed by atoms with E-state index in [0.29, 0.717) is 13.1 Å². The Morgan fingerprint density at radius 3 is 1.65 bits per heavy atom. The van der Waals surface area contributed by atoms with Crippen LogP contribution in [0.2, 0.25) is 0 Å². The molecule has 0 aromatic heterocycles. The lowest BCUT2D eigenvalue weighted by Gasteiger charge is -2.17. The first-order chi connectivity index (χ1) is 9.08. The molecule has 0 unspecified atom stereocenters. The van der Waals surface area contributed by atoms with E-state index >= 15 is 0 Å². The Hall–Kier alpha value is -1.51. The van der Waals surface area contributed by atoms with Gasteiger partial charge in [0.15, 0.2) is 0 Å². The third-order valence-electron chi connectivity index (χ3n) is 2.37. The molecule has 0 radical (unpaired) electrons. The molecule has 0 heterocycles. The van der Waals surface area contributed by atoms with Crippen LogP contribution in [0, 0.1) is 5.41 Å². The van der Waals surface area contributed by atoms with Crippen LogP contribution in [-0.2, 0) is 14.4 Å². The topological polar surface area (TPSA) is 135 Å². The summed E-state index contributed by atoms with van der Waals surface area (Å²) < 4.78 is 0. The molecule has 0 saturated carbocycles. The van der Waals surface area contributed by atoms with Gasteiger partial charge in [-0.05, 0) is 7.05 Å². The van der Waals surface area contributed by atoms with Crippen LogP contribution in [0.5, 0.6) is 0 Å². The van der Waals surface area contributed by atoms with Crippen LogP contribution < -0.4 is 0 Å². The molecule has 0 atom stereocenters. The van der Waals surface area contributed by atoms with E-state index in [1.807, 2.05) is 11.9 Å². The van der Waals surface area contributed by atoms with Crippen LogP contribution in [0.15, 0.2) is 0 Å². The summed E-state index contributed by atoms with van der Waals surface area (Å²) in [4.78, 5) is 33.1. The Balaban J connectivity index is 0. The van der Waals surface area contributed by atoms with Crippen molar-refractivity contribution >= 4 is 17.7 Å². The molecule has 0 spiro atoms. The number of aliphatic carboxylic acids is 2. The summed E-state index contributed by atoms with van der Waals surface area (Å²) >= 11 is 0. The Bertz CT molecular complexity index is 322. The van der Waals surface area contributed by atoms with Gasteiger partial charge in [0.25, 0.3) is 0 Å². The molecular weight excluding hydrogens is 270 g/mol. The van der Waals surface area contributed by atoms with Gasteiger partial charge in [-0.25, -0.2) is 4.79 Å². The molecule has 0 fully saturated rings. The normalized spacial score (nSPS) is 10.7. The number of hydrogen-bond acceptors (Lipinski definition) is 6. The van der Waals surface area contributed by atoms with E-state index < -0.39 is 29.6 Å². The zero-order valence-electron chi connectivity index (χ0n) is 12.0. The van der Waals surface area contributed by atoms with Crippen molar-refractivity contribution in [3.8, 4) is 0 Å². The van der Waals surface area contributed by atoms with Crippen molar-refractivity contribution in [2.75, 3.05) is 33.4 Å². The minimum absolute atomic E-state index is 0.163. The van der Waals surface area contributed by atoms with Crippen LogP contribution in [0.25, 0.3) is 0 Å². The van der Waals surface area contributed by atoms with Gasteiger partial charge in [0.1, 0.15) is 0 Å². The summed E-state index contributed by atoms with van der Waals surface area (Å²) in [6.07, 6.45) is -0.474. The number of carbonyl (C=O) groups excluding carboxylic acids is 1. The lowest BCUT2D eigenvalue weighted by atomic mass is 9.84. The average molecular weight is 293 g/mol. The summed E-state index contributed by atoms with van der Waals surface area (Å²) in [5.41, 5.74) is -1.34. The maximum Gasteiger partial charge on any atom is 0.372 e. The highest BCUT2D eigenvalue weighted by atomic mass is 16.4. The summed E-state index contributed by atoms with van der Waals surface area (Å²) in [5, 5.41) is 33.3. The smallest absolute Gasteiger partial charge is 0.372 e. The van der Waals surface area contributed by atoms with E-state index in [0.717, 1.165) is 0 Å². The number of carboxylic acids is 2. The van der Waals surface area contributed by atoms with Gasteiger partial charge < -0.3 is 25.3 Å². The maximum absolute atomic E-state index is 10.8. The van der Waals surface area contributed by atoms with Gasteiger partial charge in [-0.2, -0.15) is 0 Å². The maximum atomic E-state index is 10.8. The van der Waals surface area contributed by atoms with E-state index in [9.17, 15) is 14.4 Å². The summed E-state index contributed by atoms with van der Waals surface area (Å²) in [5.74, 6) is -3.86. The molecule has 118 valence electrons. The third-order valence-corrected chi connectivity index (χ3v) is 2.37. The molecule has 20 heavy (non-hydrogen) atoms. The van der Waals surface area contributed by atoms with Crippen LogP contribution in [-0.4, -0.2) is 76.4 Å². The predicted molar refractivity (Wildman–Crippen MR) is 70.3 cm³/mol. The van der Waals surface area contributed by atoms with Crippen molar-refractivity contribution in [3.63, 3.8) is 0 Å². The van der Waals surface area contributed by atoms with E-state index in [4.69, 9.17) is 20.4 Å². The number of rotatable bonds is 8. The molecule has 8 nitrogen and oxygen atoms in total. The molecule has 0 aliphatic carbocycles. The first-order valence-corrected chi connectivity index (χ1v) is 5.98. The zero-order chi connectivity index (χ0) is 16.3. The standard InChI is InChI=1S/C7H10O5.C5H13NO2/c1-7(2,3-4(8)9)5(10)6(11)12;1-6(2-4-7)3-5-8/h3H2,1-2H3,(H,8,9)(H,11,12);7-8H,2-5H2,1H3. The summed E-state index contributed by atoms with van der Waals surface area (Å²) in [6.45, 7) is 4.18. The molecule has 0 amide bonds. The number of likely N-dealkylation sites (N-methyl/N-ethyl adjacent to an activating group) is 1. The minimum Gasteiger partial charge on any atom is -0.481 e. The highest BCUT2D eigenvalue weighted by Gasteiger charge is 2.34. The molecule has 0 aliphatic rings. The average Bonchev–Trinajstić information content (AvgIpc) is 2.27. The lowest BCUT2D eigenvalue weighted by molar-refractivity contribution is -0.155. The Kier molecular flexibility index (Phi) is 10.7. The number of aliphatic hydroxyl groups is 2. The molecule has 0 saturated heterocycles. The third kappa shape index (κ3) is 10.4. The van der Waals surface area contributed by atoms with Crippen molar-refractivity contribution in [3.05, 3.63) is 0 Å². The fraction of sp³-hybridized carbons (Fsp3) is 0.750. The molecule has 4 N–H and O–H groups in total. The lowest BCUT2D eigenvalue weighted by Crippen LogP contribution is -2.33. The zero-order valence-corrected chi connectivity index (χ0v) is 12.0. The number of carboxylic acid groups (broad SMARTS) is 2. The molecule has 0 rings (SSSR count). The van der Waals surface area contributed by atoms with Crippen molar-refractivity contribution in [2.45, 2.75) is 20.3 Å². The Labute approximate surface area is 117 Å². The largest absolute Gasteiger partial charge is 0.481 e. The Morgan fingerprint density at radius 2 is 1.40 bits per heavy atom. The minimum atomic E-state index is -1.60. The van der Waals surface area contributed by atoms with Crippen molar-refractivity contribution in [1.82, 2.24) is 4.90 Å². The van der Waals surface area contributed by atoms with E-state index in [1.165, 1.54) is 13.8 Å². The van der Waals surface area contributed by atoms with Gasteiger partial charge in [-0.1, -0.05) is 13.8 Å². The van der Waals surface area contributed by atoms with Gasteiger partial charge in [0.2, 0.25) is 5.78 Å². The van der Waals surface area contributed by atoms with Crippen LogP contribution in [0.1, 0.15) is 20.3 Å². The molecule has 0 aromatic rings. The fourth-order valence-electron chi connectivity index (χ4n) is 1.20. The fourth-order valence-corrected chi connectivity index (χ4v) is 1.20. The van der Waals surface area contributed by atoms with Crippen LogP contribution in [0.3, 0.4) is 0 Å². The van der Waals surface area contributed by atoms with Crippen LogP contribution >= 0.6 is 0 Å². The van der Waals surface area contributed by atoms with Crippen molar-refractivity contribution in [2.24, 2.45) is 5.41 Å². The van der Waals surface area contributed by atoms with Gasteiger partial charge in [-0.15, -0.1) is 0 Å². The number of Topliss-reactive ketones (excluding diaryl/α,β-unsaturated/α-hetero) is 1. The molecule has 8 heteroatoms. The monoisotopic (exact) mass is 293 g/mol. The van der Waals surface area contributed by atoms with Gasteiger partial charge >= 0.3 is 11.9 Å². The second-order valence-corrected chi connectivity index (χ2v) is 4.84. The number of nitrogens with zero attached hydrogens (tertiary/aromatic N) is 1. The number of aliphatic hydroxyl groups excluding tert-OH is 2. The SMILES string of the molecule is CC(C)(CC(=O)O)C(=O)C(=O)O.CN(CCO)CCO. The predicted octanol–water partition coefficient (Wildman–Crippen LogP) is -0.956. The van der Waals surface area contributed by atoms with E-state index in [1.54, 1.807) is 0 Å². The van der Waals surface area contributed by atoms with Crippen molar-refractivity contribution < 1.29 is 34.8 Å². The van der Waals surface area contributed by atoms with Gasteiger partial charge in [0.05, 0.1) is 19.6 Å². The number of hydrogen-bond donors (Lipinski definition) is 4. The summed E-state index contributed by atoms with van der Waals surface area (Å²) in [7, 11) is 1.85. The van der Waals surface area contributed by atoms with Gasteiger partial charge in [-0.3, -0.25) is 9.59 Å². The molecule has 0 bridgehead atoms. The first kappa shape index (κ1) is 20.8. The highest BCUT2D eigenvalue weighted by molar-refractivity contribution is 6.35. The molecular formula is C12H23NO7. The van der Waals surface area contributed by atoms with Gasteiger partial charge in [0, 0.05) is 18.5 Å². The Morgan fingerprint density at radius 1 is 1.00 bits per heavy atom. The van der Waals surface area contributed by atoms with Crippen molar-refractivity contribution in [1.29, 1.82) is 0 Å². The first-order valence-electron chi connectivity index (χ1n) is 5.98. The van der Waals surface area contributed by atoms with E-state index in [2.05, 4.69) is 0 Å². The van der Waals surface area contributed by atoms with Crippen LogP contribution in [0.4, 0.5) is 0 Å². The molecule has 0 aliphatic heterocycles. The second kappa shape index (κ2) is 10.3. The van der Waals surface area contributed by atoms with E-state index in [-0.39, 0.29) is 13.2 Å². The second-order valence-electron chi connectivity index (χ2n) is 4.84. The number of ketones is 1. The molecule has 0 aromatic carbocycles.